The molecule has 0 aromatic heterocycles. The fourth-order valence-corrected chi connectivity index (χ4v) is 1.89. The van der Waals surface area contributed by atoms with Gasteiger partial charge in [-0.15, -0.1) is 0 Å². The van der Waals surface area contributed by atoms with Crippen molar-refractivity contribution in [3.05, 3.63) is 31.2 Å². The molecule has 64 valence electrons. The Hall–Kier alpha value is -0.620. The number of hydrogen-bond acceptors (Lipinski definition) is 3. The predicted octanol–water partition coefficient (Wildman–Crippen LogP) is 2.83. The third kappa shape index (κ3) is 1.75. The molecule has 0 fully saturated rings. The first kappa shape index (κ1) is 9.47. The number of hydrogen-bond donors (Lipinski definition) is 1. The Labute approximate surface area is 84.6 Å². The van der Waals surface area contributed by atoms with Crippen LogP contribution in [-0.2, 0) is 0 Å². The van der Waals surface area contributed by atoms with Crippen LogP contribution in [0.1, 0.15) is 0 Å². The van der Waals surface area contributed by atoms with Gasteiger partial charge < -0.3 is 5.11 Å². The molecule has 0 saturated heterocycles. The summed E-state index contributed by atoms with van der Waals surface area (Å²) < 4.78 is 0.836. The van der Waals surface area contributed by atoms with Gasteiger partial charge in [-0.25, -0.2) is 0 Å². The van der Waals surface area contributed by atoms with Gasteiger partial charge in [0.05, 0.1) is 9.40 Å². The van der Waals surface area contributed by atoms with Gasteiger partial charge in [-0.1, -0.05) is 15.9 Å². The number of halogens is 2. The van der Waals surface area contributed by atoms with Crippen LogP contribution in [0, 0.1) is 10.1 Å². The van der Waals surface area contributed by atoms with E-state index in [0.29, 0.717) is 8.95 Å². The minimum atomic E-state index is -0.648. The van der Waals surface area contributed by atoms with Crippen LogP contribution >= 0.6 is 31.9 Å². The highest BCUT2D eigenvalue weighted by Gasteiger charge is 2.16. The second kappa shape index (κ2) is 3.40. The van der Waals surface area contributed by atoms with Crippen LogP contribution in [0.25, 0.3) is 0 Å². The number of rotatable bonds is 1. The van der Waals surface area contributed by atoms with E-state index in [1.165, 1.54) is 12.1 Å². The molecule has 0 unspecified atom stereocenters. The predicted molar refractivity (Wildman–Crippen MR) is 50.2 cm³/mol. The van der Waals surface area contributed by atoms with E-state index in [-0.39, 0.29) is 11.4 Å². The molecule has 0 aliphatic rings. The highest BCUT2D eigenvalue weighted by molar-refractivity contribution is 9.11. The lowest BCUT2D eigenvalue weighted by Gasteiger charge is -1.98. The number of nitrogens with zero attached hydrogens (tertiary/aromatic N) is 1. The summed E-state index contributed by atoms with van der Waals surface area (Å²) in [5, 5.41) is 19.5. The highest BCUT2D eigenvalue weighted by atomic mass is 79.9. The molecule has 0 atom stereocenters. The fourth-order valence-electron chi connectivity index (χ4n) is 0.692. The standard InChI is InChI=1S/C6H3Br2NO3/c7-3-1-4(8)6(10)5(2-3)9(11)12/h1-2,10H. The van der Waals surface area contributed by atoms with Gasteiger partial charge in [0, 0.05) is 10.5 Å². The second-order valence-electron chi connectivity index (χ2n) is 2.01. The zero-order valence-corrected chi connectivity index (χ0v) is 8.79. The molecule has 1 rings (SSSR count). The van der Waals surface area contributed by atoms with Crippen molar-refractivity contribution in [2.75, 3.05) is 0 Å². The molecule has 0 radical (unpaired) electrons. The van der Waals surface area contributed by atoms with Crippen LogP contribution in [0.5, 0.6) is 5.75 Å². The summed E-state index contributed by atoms with van der Waals surface area (Å²) in [6.07, 6.45) is 0. The maximum Gasteiger partial charge on any atom is 0.313 e. The molecule has 0 bridgehead atoms. The van der Waals surface area contributed by atoms with Crippen molar-refractivity contribution in [1.82, 2.24) is 0 Å². The molecule has 1 aromatic rings. The van der Waals surface area contributed by atoms with Gasteiger partial charge in [0.15, 0.2) is 0 Å². The monoisotopic (exact) mass is 295 g/mol. The molecular formula is C6H3Br2NO3. The molecule has 4 nitrogen and oxygen atoms in total. The van der Waals surface area contributed by atoms with E-state index in [1.54, 1.807) is 0 Å². The van der Waals surface area contributed by atoms with Gasteiger partial charge in [0.1, 0.15) is 0 Å². The molecule has 12 heavy (non-hydrogen) atoms. The topological polar surface area (TPSA) is 63.4 Å². The van der Waals surface area contributed by atoms with Crippen molar-refractivity contribution in [2.45, 2.75) is 0 Å². The maximum absolute atomic E-state index is 10.3. The Morgan fingerprint density at radius 1 is 1.42 bits per heavy atom. The van der Waals surface area contributed by atoms with E-state index in [2.05, 4.69) is 31.9 Å². The fraction of sp³-hybridized carbons (Fsp3) is 0. The third-order valence-corrected chi connectivity index (χ3v) is 2.27. The highest BCUT2D eigenvalue weighted by Crippen LogP contribution is 2.36. The average molecular weight is 297 g/mol. The smallest absolute Gasteiger partial charge is 0.313 e. The Morgan fingerprint density at radius 3 is 2.50 bits per heavy atom. The largest absolute Gasteiger partial charge is 0.501 e. The zero-order valence-electron chi connectivity index (χ0n) is 5.62. The van der Waals surface area contributed by atoms with Crippen molar-refractivity contribution >= 4 is 37.5 Å². The van der Waals surface area contributed by atoms with Crippen molar-refractivity contribution in [3.8, 4) is 5.75 Å². The van der Waals surface area contributed by atoms with Crippen LogP contribution < -0.4 is 0 Å². The van der Waals surface area contributed by atoms with E-state index >= 15 is 0 Å². The number of phenols is 1. The molecule has 0 heterocycles. The summed E-state index contributed by atoms with van der Waals surface area (Å²) in [7, 11) is 0. The molecule has 1 aromatic carbocycles. The SMILES string of the molecule is O=[N+]([O-])c1cc(Br)cc(Br)c1O. The van der Waals surface area contributed by atoms with E-state index in [4.69, 9.17) is 0 Å². The van der Waals surface area contributed by atoms with Gasteiger partial charge in [0.25, 0.3) is 0 Å². The summed E-state index contributed by atoms with van der Waals surface area (Å²) in [6.45, 7) is 0. The molecule has 0 spiro atoms. The Bertz CT molecular complexity index is 340. The summed E-state index contributed by atoms with van der Waals surface area (Å²) in [4.78, 5) is 9.68. The zero-order chi connectivity index (χ0) is 9.30. The molecule has 6 heteroatoms. The van der Waals surface area contributed by atoms with Crippen LogP contribution in [0.15, 0.2) is 21.1 Å². The van der Waals surface area contributed by atoms with Gasteiger partial charge >= 0.3 is 5.69 Å². The van der Waals surface area contributed by atoms with Crippen molar-refractivity contribution in [3.63, 3.8) is 0 Å². The Kier molecular flexibility index (Phi) is 2.69. The maximum atomic E-state index is 10.3. The molecule has 0 aliphatic carbocycles. The lowest BCUT2D eigenvalue weighted by Crippen LogP contribution is -1.88. The lowest BCUT2D eigenvalue weighted by molar-refractivity contribution is -0.386. The number of nitro benzene ring substituents is 1. The van der Waals surface area contributed by atoms with Crippen LogP contribution in [0.2, 0.25) is 0 Å². The summed E-state index contributed by atoms with van der Waals surface area (Å²) in [5.74, 6) is -0.358. The molecular weight excluding hydrogens is 294 g/mol. The van der Waals surface area contributed by atoms with Gasteiger partial charge in [-0.3, -0.25) is 10.1 Å². The van der Waals surface area contributed by atoms with Gasteiger partial charge in [0.2, 0.25) is 5.75 Å². The first-order chi connectivity index (χ1) is 5.52. The third-order valence-electron chi connectivity index (χ3n) is 1.20. The second-order valence-corrected chi connectivity index (χ2v) is 3.78. The van der Waals surface area contributed by atoms with E-state index < -0.39 is 4.92 Å². The number of benzene rings is 1. The average Bonchev–Trinajstić information content (AvgIpc) is 1.96. The van der Waals surface area contributed by atoms with Crippen molar-refractivity contribution in [1.29, 1.82) is 0 Å². The van der Waals surface area contributed by atoms with E-state index in [0.717, 1.165) is 0 Å². The molecule has 0 amide bonds. The van der Waals surface area contributed by atoms with Crippen LogP contribution in [0.4, 0.5) is 5.69 Å². The molecule has 0 saturated carbocycles. The normalized spacial score (nSPS) is 9.83. The summed E-state index contributed by atoms with van der Waals surface area (Å²) in [6, 6.07) is 2.77. The number of phenolic OH excluding ortho intramolecular Hbond substituents is 1. The van der Waals surface area contributed by atoms with Crippen LogP contribution in [-0.4, -0.2) is 10.0 Å². The number of nitro groups is 1. The van der Waals surface area contributed by atoms with E-state index in [1.807, 2.05) is 0 Å². The minimum absolute atomic E-state index is 0.295. The molecule has 1 N–H and O–H groups in total. The van der Waals surface area contributed by atoms with Crippen molar-refractivity contribution in [2.24, 2.45) is 0 Å². The first-order valence-corrected chi connectivity index (χ1v) is 4.43. The van der Waals surface area contributed by atoms with E-state index in [9.17, 15) is 15.2 Å². The van der Waals surface area contributed by atoms with Crippen molar-refractivity contribution < 1.29 is 10.0 Å². The lowest BCUT2D eigenvalue weighted by atomic mass is 10.3. The quantitative estimate of drug-likeness (QED) is 0.640. The van der Waals surface area contributed by atoms with Gasteiger partial charge in [-0.2, -0.15) is 0 Å². The summed E-state index contributed by atoms with van der Waals surface area (Å²) >= 11 is 6.05. The van der Waals surface area contributed by atoms with Crippen LogP contribution in [0.3, 0.4) is 0 Å². The summed E-state index contributed by atoms with van der Waals surface area (Å²) in [5.41, 5.74) is -0.323. The first-order valence-electron chi connectivity index (χ1n) is 2.85. The number of aromatic hydroxyl groups is 1. The van der Waals surface area contributed by atoms with Gasteiger partial charge in [-0.05, 0) is 22.0 Å². The Balaban J connectivity index is 3.37. The minimum Gasteiger partial charge on any atom is -0.501 e. The Morgan fingerprint density at radius 2 is 2.00 bits per heavy atom. The molecule has 0 aliphatic heterocycles.